The molecule has 1 aromatic carbocycles. The third kappa shape index (κ3) is 3.47. The summed E-state index contributed by atoms with van der Waals surface area (Å²) in [6.07, 6.45) is 3.27. The van der Waals surface area contributed by atoms with Gasteiger partial charge in [-0.25, -0.2) is 4.98 Å². The second-order valence-corrected chi connectivity index (χ2v) is 10.8. The Kier molecular flexibility index (Phi) is 5.49. The highest BCUT2D eigenvalue weighted by atomic mass is 32.1. The van der Waals surface area contributed by atoms with Gasteiger partial charge in [-0.05, 0) is 48.7 Å². The average molecular weight is 523 g/mol. The van der Waals surface area contributed by atoms with Crippen LogP contribution in [0.2, 0.25) is 0 Å². The number of aryl methyl sites for hydroxylation is 2. The lowest BCUT2D eigenvalue weighted by molar-refractivity contribution is -0.377. The van der Waals surface area contributed by atoms with Crippen molar-refractivity contribution in [3.05, 3.63) is 87.9 Å². The normalized spacial score (nSPS) is 18.3. The van der Waals surface area contributed by atoms with Gasteiger partial charge in [-0.2, -0.15) is 26.3 Å². The van der Waals surface area contributed by atoms with Crippen LogP contribution in [0.15, 0.2) is 67.0 Å². The second-order valence-electron chi connectivity index (χ2n) is 8.29. The Morgan fingerprint density at radius 1 is 0.657 bits per heavy atom. The van der Waals surface area contributed by atoms with E-state index in [4.69, 9.17) is 0 Å². The molecule has 0 spiro atoms. The van der Waals surface area contributed by atoms with Gasteiger partial charge >= 0.3 is 17.8 Å². The van der Waals surface area contributed by atoms with Crippen LogP contribution in [0.5, 0.6) is 0 Å². The SMILES string of the molecule is Cc1sc(-c2ccccc2)cc1C1=C(c2cc(-c3ccc[nH+]c3)sc2C)C(F)(F)C(F)(F)C1(F)F. The van der Waals surface area contributed by atoms with Crippen molar-refractivity contribution < 1.29 is 31.3 Å². The summed E-state index contributed by atoms with van der Waals surface area (Å²) in [6.45, 7) is 2.95. The number of aromatic nitrogens is 1. The van der Waals surface area contributed by atoms with E-state index in [0.717, 1.165) is 22.7 Å². The molecule has 0 radical (unpaired) electrons. The van der Waals surface area contributed by atoms with E-state index in [1.165, 1.54) is 26.0 Å². The number of halogens is 6. The maximum atomic E-state index is 15.3. The molecule has 5 rings (SSSR count). The topological polar surface area (TPSA) is 14.1 Å². The van der Waals surface area contributed by atoms with Crippen molar-refractivity contribution in [2.45, 2.75) is 31.6 Å². The lowest BCUT2D eigenvalue weighted by Gasteiger charge is -2.25. The molecule has 0 saturated carbocycles. The van der Waals surface area contributed by atoms with Crippen molar-refractivity contribution in [3.8, 4) is 20.9 Å². The predicted molar refractivity (Wildman–Crippen MR) is 127 cm³/mol. The Labute approximate surface area is 205 Å². The number of hydrogen-bond donors (Lipinski definition) is 0. The highest BCUT2D eigenvalue weighted by molar-refractivity contribution is 7.16. The molecule has 180 valence electrons. The highest BCUT2D eigenvalue weighted by Crippen LogP contribution is 2.66. The molecule has 3 heterocycles. The summed E-state index contributed by atoms with van der Waals surface area (Å²) in [5.41, 5.74) is -1.89. The maximum Gasteiger partial charge on any atom is 0.380 e. The molecule has 1 aliphatic rings. The minimum Gasteiger partial charge on any atom is -0.217 e. The Morgan fingerprint density at radius 2 is 1.14 bits per heavy atom. The zero-order chi connectivity index (χ0) is 25.2. The minimum absolute atomic E-state index is 0.251. The smallest absolute Gasteiger partial charge is 0.217 e. The van der Waals surface area contributed by atoms with Gasteiger partial charge in [-0.3, -0.25) is 0 Å². The van der Waals surface area contributed by atoms with Crippen molar-refractivity contribution in [3.63, 3.8) is 0 Å². The van der Waals surface area contributed by atoms with E-state index in [0.29, 0.717) is 20.9 Å². The number of hydrogen-bond acceptors (Lipinski definition) is 2. The van der Waals surface area contributed by atoms with Gasteiger partial charge in [0.1, 0.15) is 0 Å². The third-order valence-electron chi connectivity index (χ3n) is 6.09. The Balaban J connectivity index is 1.78. The monoisotopic (exact) mass is 522 g/mol. The van der Waals surface area contributed by atoms with E-state index in [-0.39, 0.29) is 20.9 Å². The summed E-state index contributed by atoms with van der Waals surface area (Å²) in [6, 6.07) is 14.8. The first-order chi connectivity index (χ1) is 16.5. The molecular formula is C26H18F6NS2+. The number of H-pyrrole nitrogens is 1. The summed E-state index contributed by atoms with van der Waals surface area (Å²) in [5, 5.41) is 0. The maximum absolute atomic E-state index is 15.3. The van der Waals surface area contributed by atoms with Crippen molar-refractivity contribution in [2.75, 3.05) is 0 Å². The van der Waals surface area contributed by atoms with Gasteiger partial charge in [0.25, 0.3) is 0 Å². The molecule has 0 saturated heterocycles. The number of nitrogens with one attached hydrogen (secondary N) is 1. The van der Waals surface area contributed by atoms with Gasteiger partial charge in [0.2, 0.25) is 0 Å². The highest BCUT2D eigenvalue weighted by Gasteiger charge is 2.80. The molecule has 35 heavy (non-hydrogen) atoms. The largest absolute Gasteiger partial charge is 0.380 e. The minimum atomic E-state index is -5.58. The molecule has 0 amide bonds. The summed E-state index contributed by atoms with van der Waals surface area (Å²) in [4.78, 5) is 4.41. The number of allylic oxidation sites excluding steroid dienone is 2. The van der Waals surface area contributed by atoms with Crippen molar-refractivity contribution in [1.29, 1.82) is 0 Å². The molecule has 3 aromatic heterocycles. The summed E-state index contributed by atoms with van der Waals surface area (Å²) in [5.74, 6) is -15.7. The van der Waals surface area contributed by atoms with E-state index in [2.05, 4.69) is 4.98 Å². The first-order valence-electron chi connectivity index (χ1n) is 10.6. The molecule has 1 nitrogen and oxygen atoms in total. The van der Waals surface area contributed by atoms with Crippen LogP contribution in [0.25, 0.3) is 32.0 Å². The van der Waals surface area contributed by atoms with Crippen LogP contribution >= 0.6 is 22.7 Å². The van der Waals surface area contributed by atoms with E-state index in [9.17, 15) is 8.78 Å². The zero-order valence-corrected chi connectivity index (χ0v) is 20.1. The van der Waals surface area contributed by atoms with Gasteiger partial charge < -0.3 is 0 Å². The van der Waals surface area contributed by atoms with Crippen LogP contribution in [-0.2, 0) is 0 Å². The fourth-order valence-electron chi connectivity index (χ4n) is 4.33. The first kappa shape index (κ1) is 23.8. The van der Waals surface area contributed by atoms with Crippen molar-refractivity contribution >= 4 is 33.8 Å². The van der Waals surface area contributed by atoms with Crippen LogP contribution in [-0.4, -0.2) is 17.8 Å². The number of thiophene rings is 2. The van der Waals surface area contributed by atoms with Crippen LogP contribution in [0.3, 0.4) is 0 Å². The molecule has 0 atom stereocenters. The van der Waals surface area contributed by atoms with E-state index in [1.807, 2.05) is 0 Å². The summed E-state index contributed by atoms with van der Waals surface area (Å²) >= 11 is 2.18. The molecule has 0 fully saturated rings. The van der Waals surface area contributed by atoms with Crippen molar-refractivity contribution in [1.82, 2.24) is 0 Å². The lowest BCUT2D eigenvalue weighted by atomic mass is 9.94. The van der Waals surface area contributed by atoms with Crippen molar-refractivity contribution in [2.24, 2.45) is 0 Å². The van der Waals surface area contributed by atoms with E-state index < -0.39 is 28.9 Å². The zero-order valence-electron chi connectivity index (χ0n) is 18.4. The Hall–Kier alpha value is -2.91. The number of rotatable bonds is 4. The van der Waals surface area contributed by atoms with Gasteiger partial charge in [0.05, 0.1) is 5.56 Å². The fraction of sp³-hybridized carbons (Fsp3) is 0.192. The molecule has 0 bridgehead atoms. The summed E-state index contributed by atoms with van der Waals surface area (Å²) < 4.78 is 90.6. The number of aromatic amines is 1. The van der Waals surface area contributed by atoms with Crippen LogP contribution in [0.4, 0.5) is 26.3 Å². The number of benzene rings is 1. The fourth-order valence-corrected chi connectivity index (χ4v) is 6.38. The van der Waals surface area contributed by atoms with E-state index in [1.54, 1.807) is 54.9 Å². The molecule has 9 heteroatoms. The molecule has 4 aromatic rings. The molecule has 1 N–H and O–H groups in total. The van der Waals surface area contributed by atoms with Gasteiger partial charge in [0, 0.05) is 36.7 Å². The predicted octanol–water partition coefficient (Wildman–Crippen LogP) is 8.40. The molecule has 0 unspecified atom stereocenters. The number of alkyl halides is 6. The number of pyridine rings is 1. The standard InChI is InChI=1S/C26H17F6NS2/c1-14-18(11-20(34-14)16-7-4-3-5-8-16)22-23(25(29,30)26(31,32)24(22,27)28)19-12-21(35-15(19)2)17-9-6-10-33-13-17/h3-13H,1-2H3/p+1. The quantitative estimate of drug-likeness (QED) is 0.239. The second kappa shape index (κ2) is 8.06. The van der Waals surface area contributed by atoms with Crippen LogP contribution < -0.4 is 4.98 Å². The van der Waals surface area contributed by atoms with Gasteiger partial charge in [-0.15, -0.1) is 22.7 Å². The molecular weight excluding hydrogens is 504 g/mol. The first-order valence-corrected chi connectivity index (χ1v) is 12.2. The average Bonchev–Trinajstić information content (AvgIpc) is 3.42. The summed E-state index contributed by atoms with van der Waals surface area (Å²) in [7, 11) is 0. The Morgan fingerprint density at radius 3 is 1.63 bits per heavy atom. The lowest BCUT2D eigenvalue weighted by Crippen LogP contribution is -2.48. The van der Waals surface area contributed by atoms with Gasteiger partial charge in [0.15, 0.2) is 12.4 Å². The molecule has 1 aliphatic carbocycles. The van der Waals surface area contributed by atoms with Crippen LogP contribution in [0, 0.1) is 13.8 Å². The van der Waals surface area contributed by atoms with Gasteiger partial charge in [-0.1, -0.05) is 30.3 Å². The molecule has 0 aliphatic heterocycles. The van der Waals surface area contributed by atoms with E-state index >= 15 is 17.6 Å². The van der Waals surface area contributed by atoms with Crippen LogP contribution in [0.1, 0.15) is 20.9 Å². The third-order valence-corrected chi connectivity index (χ3v) is 8.29. The Bertz CT molecular complexity index is 1330.